The summed E-state index contributed by atoms with van der Waals surface area (Å²) in [4.78, 5) is 8.88. The molecule has 0 unspecified atom stereocenters. The fourth-order valence-corrected chi connectivity index (χ4v) is 2.04. The van der Waals surface area contributed by atoms with Crippen LogP contribution in [0.2, 0.25) is 0 Å². The summed E-state index contributed by atoms with van der Waals surface area (Å²) in [6.45, 7) is 1.89. The Hall–Kier alpha value is -2.62. The Morgan fingerprint density at radius 1 is 1.00 bits per heavy atom. The number of hydrogen-bond acceptors (Lipinski definition) is 4. The summed E-state index contributed by atoms with van der Waals surface area (Å²) in [7, 11) is 0. The third kappa shape index (κ3) is 2.33. The van der Waals surface area contributed by atoms with Gasteiger partial charge in [-0.1, -0.05) is 18.2 Å². The van der Waals surface area contributed by atoms with Crippen molar-refractivity contribution in [1.29, 1.82) is 0 Å². The molecule has 0 atom stereocenters. The molecule has 2 aromatic carbocycles. The summed E-state index contributed by atoms with van der Waals surface area (Å²) in [6, 6.07) is 15.5. The van der Waals surface area contributed by atoms with Gasteiger partial charge < -0.3 is 11.1 Å². The SMILES string of the molecule is Cc1nc(Nc2cccc(N)c2)c2ccccc2n1. The summed E-state index contributed by atoms with van der Waals surface area (Å²) in [5.74, 6) is 1.54. The van der Waals surface area contributed by atoms with Gasteiger partial charge in [0.2, 0.25) is 0 Å². The summed E-state index contributed by atoms with van der Waals surface area (Å²) >= 11 is 0. The molecule has 19 heavy (non-hydrogen) atoms. The van der Waals surface area contributed by atoms with Gasteiger partial charge in [0.1, 0.15) is 11.6 Å². The van der Waals surface area contributed by atoms with E-state index in [0.717, 1.165) is 33.9 Å². The first kappa shape index (κ1) is 11.5. The van der Waals surface area contributed by atoms with Gasteiger partial charge in [-0.25, -0.2) is 9.97 Å². The zero-order chi connectivity index (χ0) is 13.2. The Bertz CT molecular complexity index is 737. The zero-order valence-corrected chi connectivity index (χ0v) is 10.6. The summed E-state index contributed by atoms with van der Waals surface area (Å²) in [5.41, 5.74) is 8.36. The monoisotopic (exact) mass is 250 g/mol. The van der Waals surface area contributed by atoms with E-state index in [-0.39, 0.29) is 0 Å². The third-order valence-electron chi connectivity index (χ3n) is 2.86. The lowest BCUT2D eigenvalue weighted by molar-refractivity contribution is 1.09. The number of nitrogen functional groups attached to an aromatic ring is 1. The minimum absolute atomic E-state index is 0.722. The number of nitrogens with two attached hydrogens (primary N) is 1. The van der Waals surface area contributed by atoms with Crippen LogP contribution < -0.4 is 11.1 Å². The number of aromatic nitrogens is 2. The van der Waals surface area contributed by atoms with Crippen LogP contribution in [0.5, 0.6) is 0 Å². The van der Waals surface area contributed by atoms with Crippen LogP contribution in [0.25, 0.3) is 10.9 Å². The molecule has 0 spiro atoms. The van der Waals surface area contributed by atoms with Crippen LogP contribution >= 0.6 is 0 Å². The van der Waals surface area contributed by atoms with Crippen LogP contribution in [0.3, 0.4) is 0 Å². The second kappa shape index (κ2) is 4.57. The molecule has 1 heterocycles. The second-order valence-corrected chi connectivity index (χ2v) is 4.39. The minimum atomic E-state index is 0.722. The first-order valence-electron chi connectivity index (χ1n) is 6.08. The molecule has 3 rings (SSSR count). The molecule has 3 aromatic rings. The van der Waals surface area contributed by atoms with E-state index in [9.17, 15) is 0 Å². The third-order valence-corrected chi connectivity index (χ3v) is 2.86. The molecular weight excluding hydrogens is 236 g/mol. The maximum Gasteiger partial charge on any atom is 0.142 e. The van der Waals surface area contributed by atoms with E-state index in [1.165, 1.54) is 0 Å². The van der Waals surface area contributed by atoms with Gasteiger partial charge in [-0.05, 0) is 37.3 Å². The fraction of sp³-hybridized carbons (Fsp3) is 0.0667. The van der Waals surface area contributed by atoms with Crippen molar-refractivity contribution in [3.05, 3.63) is 54.4 Å². The van der Waals surface area contributed by atoms with Crippen molar-refractivity contribution in [3.8, 4) is 0 Å². The van der Waals surface area contributed by atoms with Crippen molar-refractivity contribution < 1.29 is 0 Å². The molecule has 0 aliphatic rings. The van der Waals surface area contributed by atoms with Crippen LogP contribution in [0.1, 0.15) is 5.82 Å². The van der Waals surface area contributed by atoms with Crippen LogP contribution in [-0.2, 0) is 0 Å². The predicted octanol–water partition coefficient (Wildman–Crippen LogP) is 3.26. The van der Waals surface area contributed by atoms with E-state index in [0.29, 0.717) is 0 Å². The number of hydrogen-bond donors (Lipinski definition) is 2. The van der Waals surface area contributed by atoms with Crippen molar-refractivity contribution in [2.45, 2.75) is 6.92 Å². The van der Waals surface area contributed by atoms with Crippen LogP contribution in [0.15, 0.2) is 48.5 Å². The lowest BCUT2D eigenvalue weighted by Crippen LogP contribution is -1.99. The Kier molecular flexibility index (Phi) is 2.76. The van der Waals surface area contributed by atoms with E-state index in [1.54, 1.807) is 0 Å². The largest absolute Gasteiger partial charge is 0.399 e. The number of rotatable bonds is 2. The maximum absolute atomic E-state index is 5.78. The van der Waals surface area contributed by atoms with Gasteiger partial charge in [0.05, 0.1) is 5.52 Å². The van der Waals surface area contributed by atoms with E-state index >= 15 is 0 Å². The molecule has 1 aromatic heterocycles. The highest BCUT2D eigenvalue weighted by Crippen LogP contribution is 2.24. The molecule has 0 bridgehead atoms. The van der Waals surface area contributed by atoms with E-state index in [4.69, 9.17) is 5.73 Å². The molecule has 0 aliphatic carbocycles. The predicted molar refractivity (Wildman–Crippen MR) is 78.4 cm³/mol. The van der Waals surface area contributed by atoms with Gasteiger partial charge in [-0.15, -0.1) is 0 Å². The number of nitrogens with one attached hydrogen (secondary N) is 1. The molecule has 0 amide bonds. The number of benzene rings is 2. The number of anilines is 3. The van der Waals surface area contributed by atoms with E-state index < -0.39 is 0 Å². The van der Waals surface area contributed by atoms with Crippen LogP contribution in [0.4, 0.5) is 17.2 Å². The highest BCUT2D eigenvalue weighted by Gasteiger charge is 2.05. The number of para-hydroxylation sites is 1. The average molecular weight is 250 g/mol. The maximum atomic E-state index is 5.78. The lowest BCUT2D eigenvalue weighted by atomic mass is 10.2. The van der Waals surface area contributed by atoms with Crippen molar-refractivity contribution in [2.75, 3.05) is 11.1 Å². The fourth-order valence-electron chi connectivity index (χ4n) is 2.04. The number of nitrogens with zero attached hydrogens (tertiary/aromatic N) is 2. The molecular formula is C15H14N4. The summed E-state index contributed by atoms with van der Waals surface area (Å²) in [6.07, 6.45) is 0. The van der Waals surface area contributed by atoms with Crippen LogP contribution in [0, 0.1) is 6.92 Å². The number of fused-ring (bicyclic) bond motifs is 1. The van der Waals surface area contributed by atoms with Gasteiger partial charge in [0.25, 0.3) is 0 Å². The van der Waals surface area contributed by atoms with Gasteiger partial charge >= 0.3 is 0 Å². The molecule has 0 saturated heterocycles. The Morgan fingerprint density at radius 3 is 2.68 bits per heavy atom. The highest BCUT2D eigenvalue weighted by molar-refractivity contribution is 5.90. The first-order chi connectivity index (χ1) is 9.22. The molecule has 94 valence electrons. The molecule has 4 heteroatoms. The van der Waals surface area contributed by atoms with Crippen molar-refractivity contribution in [3.63, 3.8) is 0 Å². The van der Waals surface area contributed by atoms with Crippen molar-refractivity contribution >= 4 is 28.1 Å². The summed E-state index contributed by atoms with van der Waals surface area (Å²) in [5, 5.41) is 4.29. The molecule has 4 nitrogen and oxygen atoms in total. The first-order valence-corrected chi connectivity index (χ1v) is 6.08. The quantitative estimate of drug-likeness (QED) is 0.685. The van der Waals surface area contributed by atoms with Crippen molar-refractivity contribution in [2.24, 2.45) is 0 Å². The van der Waals surface area contributed by atoms with Gasteiger partial charge in [0, 0.05) is 16.8 Å². The van der Waals surface area contributed by atoms with Gasteiger partial charge in [-0.3, -0.25) is 0 Å². The Morgan fingerprint density at radius 2 is 1.84 bits per heavy atom. The standard InChI is InChI=1S/C15H14N4/c1-10-17-14-8-3-2-7-13(14)15(18-10)19-12-6-4-5-11(16)9-12/h2-9H,16H2,1H3,(H,17,18,19). The summed E-state index contributed by atoms with van der Waals surface area (Å²) < 4.78 is 0. The molecule has 0 radical (unpaired) electrons. The Labute approximate surface area is 111 Å². The molecule has 0 fully saturated rings. The van der Waals surface area contributed by atoms with Crippen molar-refractivity contribution in [1.82, 2.24) is 9.97 Å². The normalized spacial score (nSPS) is 10.6. The minimum Gasteiger partial charge on any atom is -0.399 e. The van der Waals surface area contributed by atoms with E-state index in [2.05, 4.69) is 15.3 Å². The molecule has 3 N–H and O–H groups in total. The number of aryl methyl sites for hydroxylation is 1. The smallest absolute Gasteiger partial charge is 0.142 e. The molecule has 0 saturated carbocycles. The average Bonchev–Trinajstić information content (AvgIpc) is 2.38. The highest BCUT2D eigenvalue weighted by atomic mass is 15.0. The topological polar surface area (TPSA) is 63.8 Å². The zero-order valence-electron chi connectivity index (χ0n) is 10.6. The second-order valence-electron chi connectivity index (χ2n) is 4.39. The van der Waals surface area contributed by atoms with Gasteiger partial charge in [-0.2, -0.15) is 0 Å². The lowest BCUT2D eigenvalue weighted by Gasteiger charge is -2.10. The van der Waals surface area contributed by atoms with E-state index in [1.807, 2.05) is 55.5 Å². The molecule has 0 aliphatic heterocycles. The van der Waals surface area contributed by atoms with Crippen LogP contribution in [-0.4, -0.2) is 9.97 Å². The van der Waals surface area contributed by atoms with Gasteiger partial charge in [0.15, 0.2) is 0 Å². The Balaban J connectivity index is 2.09.